The molecule has 0 fully saturated rings. The molecule has 0 saturated heterocycles. The highest BCUT2D eigenvalue weighted by molar-refractivity contribution is 5.79. The second-order valence-electron chi connectivity index (χ2n) is 2.78. The van der Waals surface area contributed by atoms with Gasteiger partial charge in [0.1, 0.15) is 0 Å². The van der Waals surface area contributed by atoms with Crippen molar-refractivity contribution in [1.29, 1.82) is 0 Å². The minimum absolute atomic E-state index is 0.191. The topological polar surface area (TPSA) is 77.8 Å². The second-order valence-corrected chi connectivity index (χ2v) is 2.78. The Kier molecular flexibility index (Phi) is 2.65. The molecule has 0 aromatic carbocycles. The van der Waals surface area contributed by atoms with Gasteiger partial charge >= 0.3 is 5.97 Å². The number of aliphatic hydroxyl groups is 2. The zero-order valence-corrected chi connectivity index (χ0v) is 6.79. The lowest BCUT2D eigenvalue weighted by Crippen LogP contribution is -2.23. The van der Waals surface area contributed by atoms with Crippen molar-refractivity contribution in [2.75, 3.05) is 0 Å². The molecular weight excluding hydrogens is 172 g/mol. The van der Waals surface area contributed by atoms with E-state index in [1.807, 2.05) is 0 Å². The summed E-state index contributed by atoms with van der Waals surface area (Å²) in [5.74, 6) is -3.11. The SMILES string of the molecule is O=C(O)C=CC1C=CC(O)(O)C=C1. The molecular formula is C9H10O4. The number of allylic oxidation sites excluding steroid dienone is 3. The number of hydrogen-bond acceptors (Lipinski definition) is 3. The summed E-state index contributed by atoms with van der Waals surface area (Å²) in [4.78, 5) is 10.1. The van der Waals surface area contributed by atoms with Crippen molar-refractivity contribution in [1.82, 2.24) is 0 Å². The highest BCUT2D eigenvalue weighted by Crippen LogP contribution is 2.16. The molecule has 0 spiro atoms. The third kappa shape index (κ3) is 3.23. The quantitative estimate of drug-likeness (QED) is 0.320. The number of carboxylic acids is 1. The van der Waals surface area contributed by atoms with Gasteiger partial charge in [0, 0.05) is 12.0 Å². The molecule has 0 atom stereocenters. The molecule has 4 nitrogen and oxygen atoms in total. The second kappa shape index (κ2) is 3.55. The van der Waals surface area contributed by atoms with Crippen molar-refractivity contribution < 1.29 is 20.1 Å². The van der Waals surface area contributed by atoms with Crippen LogP contribution >= 0.6 is 0 Å². The Balaban J connectivity index is 2.60. The summed E-state index contributed by atoms with van der Waals surface area (Å²) in [6.45, 7) is 0. The van der Waals surface area contributed by atoms with Crippen LogP contribution in [0.15, 0.2) is 36.5 Å². The largest absolute Gasteiger partial charge is 0.478 e. The van der Waals surface area contributed by atoms with Crippen molar-refractivity contribution in [3.05, 3.63) is 36.5 Å². The van der Waals surface area contributed by atoms with E-state index in [1.54, 1.807) is 0 Å². The number of rotatable bonds is 2. The van der Waals surface area contributed by atoms with E-state index in [9.17, 15) is 4.79 Å². The van der Waals surface area contributed by atoms with Gasteiger partial charge in [0.2, 0.25) is 5.79 Å². The molecule has 70 valence electrons. The van der Waals surface area contributed by atoms with Gasteiger partial charge < -0.3 is 15.3 Å². The first-order chi connectivity index (χ1) is 5.99. The minimum atomic E-state index is -1.90. The first-order valence-corrected chi connectivity index (χ1v) is 3.74. The van der Waals surface area contributed by atoms with Crippen LogP contribution in [0.1, 0.15) is 0 Å². The predicted molar refractivity (Wildman–Crippen MR) is 45.7 cm³/mol. The molecule has 1 aliphatic carbocycles. The van der Waals surface area contributed by atoms with Crippen LogP contribution in [0.2, 0.25) is 0 Å². The van der Waals surface area contributed by atoms with E-state index in [4.69, 9.17) is 15.3 Å². The van der Waals surface area contributed by atoms with Crippen LogP contribution in [0.4, 0.5) is 0 Å². The first kappa shape index (κ1) is 9.70. The third-order valence-corrected chi connectivity index (χ3v) is 1.59. The highest BCUT2D eigenvalue weighted by atomic mass is 16.5. The Labute approximate surface area is 75.1 Å². The molecule has 0 bridgehead atoms. The van der Waals surface area contributed by atoms with E-state index in [-0.39, 0.29) is 5.92 Å². The van der Waals surface area contributed by atoms with E-state index in [2.05, 4.69) is 0 Å². The third-order valence-electron chi connectivity index (χ3n) is 1.59. The summed E-state index contributed by atoms with van der Waals surface area (Å²) in [7, 11) is 0. The lowest BCUT2D eigenvalue weighted by molar-refractivity contribution is -0.131. The van der Waals surface area contributed by atoms with Gasteiger partial charge in [-0.3, -0.25) is 0 Å². The average molecular weight is 182 g/mol. The van der Waals surface area contributed by atoms with Crippen molar-refractivity contribution >= 4 is 5.97 Å². The smallest absolute Gasteiger partial charge is 0.328 e. The van der Waals surface area contributed by atoms with Crippen LogP contribution in [-0.2, 0) is 4.79 Å². The molecule has 1 rings (SSSR count). The summed E-state index contributed by atoms with van der Waals surface area (Å²) >= 11 is 0. The molecule has 0 unspecified atom stereocenters. The minimum Gasteiger partial charge on any atom is -0.478 e. The van der Waals surface area contributed by atoms with E-state index in [0.29, 0.717) is 0 Å². The number of carboxylic acid groups (broad SMARTS) is 1. The lowest BCUT2D eigenvalue weighted by Gasteiger charge is -2.17. The Hall–Kier alpha value is -1.39. The molecule has 3 N–H and O–H groups in total. The lowest BCUT2D eigenvalue weighted by atomic mass is 10.00. The summed E-state index contributed by atoms with van der Waals surface area (Å²) < 4.78 is 0. The molecule has 0 radical (unpaired) electrons. The molecule has 0 aliphatic heterocycles. The van der Waals surface area contributed by atoms with E-state index < -0.39 is 11.8 Å². The van der Waals surface area contributed by atoms with Crippen molar-refractivity contribution in [3.8, 4) is 0 Å². The fourth-order valence-corrected chi connectivity index (χ4v) is 0.947. The van der Waals surface area contributed by atoms with Gasteiger partial charge in [0.25, 0.3) is 0 Å². The van der Waals surface area contributed by atoms with Crippen LogP contribution < -0.4 is 0 Å². The van der Waals surface area contributed by atoms with Crippen LogP contribution in [0, 0.1) is 5.92 Å². The Morgan fingerprint density at radius 1 is 1.31 bits per heavy atom. The van der Waals surface area contributed by atoms with E-state index >= 15 is 0 Å². The molecule has 0 amide bonds. The van der Waals surface area contributed by atoms with Gasteiger partial charge in [-0.25, -0.2) is 4.79 Å². The highest BCUT2D eigenvalue weighted by Gasteiger charge is 2.18. The Morgan fingerprint density at radius 3 is 2.31 bits per heavy atom. The number of hydrogen-bond donors (Lipinski definition) is 3. The summed E-state index contributed by atoms with van der Waals surface area (Å²) in [6.07, 6.45) is 7.89. The Bertz CT molecular complexity index is 270. The van der Waals surface area contributed by atoms with Gasteiger partial charge in [0.05, 0.1) is 0 Å². The van der Waals surface area contributed by atoms with E-state index in [0.717, 1.165) is 6.08 Å². The first-order valence-electron chi connectivity index (χ1n) is 3.74. The van der Waals surface area contributed by atoms with Crippen molar-refractivity contribution in [3.63, 3.8) is 0 Å². The maximum absolute atomic E-state index is 10.1. The van der Waals surface area contributed by atoms with Gasteiger partial charge in [-0.15, -0.1) is 0 Å². The van der Waals surface area contributed by atoms with E-state index in [1.165, 1.54) is 30.4 Å². The summed E-state index contributed by atoms with van der Waals surface area (Å²) in [5.41, 5.74) is 0. The maximum atomic E-state index is 10.1. The Morgan fingerprint density at radius 2 is 1.85 bits per heavy atom. The monoisotopic (exact) mass is 182 g/mol. The standard InChI is InChI=1S/C9H10O4/c10-8(11)2-1-7-3-5-9(12,13)6-4-7/h1-7,12-13H,(H,10,11). The zero-order valence-electron chi connectivity index (χ0n) is 6.79. The fraction of sp³-hybridized carbons (Fsp3) is 0.222. The predicted octanol–water partition coefficient (Wildman–Crippen LogP) is 0.0503. The van der Waals surface area contributed by atoms with Gasteiger partial charge in [-0.1, -0.05) is 18.2 Å². The van der Waals surface area contributed by atoms with Gasteiger partial charge in [-0.05, 0) is 12.2 Å². The summed E-state index contributed by atoms with van der Waals surface area (Å²) in [5, 5.41) is 26.3. The molecule has 4 heteroatoms. The number of aliphatic carboxylic acids is 1. The van der Waals surface area contributed by atoms with Crippen LogP contribution in [0.5, 0.6) is 0 Å². The van der Waals surface area contributed by atoms with Crippen molar-refractivity contribution in [2.45, 2.75) is 5.79 Å². The zero-order chi connectivity index (χ0) is 9.90. The van der Waals surface area contributed by atoms with Crippen molar-refractivity contribution in [2.24, 2.45) is 5.92 Å². The van der Waals surface area contributed by atoms with Crippen LogP contribution in [-0.4, -0.2) is 27.1 Å². The molecule has 0 heterocycles. The molecule has 0 saturated carbocycles. The maximum Gasteiger partial charge on any atom is 0.328 e. The molecule has 13 heavy (non-hydrogen) atoms. The number of carbonyl (C=O) groups is 1. The molecule has 0 aromatic rings. The molecule has 0 aromatic heterocycles. The molecule has 1 aliphatic rings. The van der Waals surface area contributed by atoms with Crippen LogP contribution in [0.25, 0.3) is 0 Å². The van der Waals surface area contributed by atoms with Gasteiger partial charge in [0.15, 0.2) is 0 Å². The van der Waals surface area contributed by atoms with Gasteiger partial charge in [-0.2, -0.15) is 0 Å². The van der Waals surface area contributed by atoms with Crippen LogP contribution in [0.3, 0.4) is 0 Å². The fourth-order valence-electron chi connectivity index (χ4n) is 0.947. The normalized spacial score (nSPS) is 21.1. The summed E-state index contributed by atoms with van der Waals surface area (Å²) in [6, 6.07) is 0. The average Bonchev–Trinajstić information content (AvgIpc) is 2.02.